The van der Waals surface area contributed by atoms with Gasteiger partial charge in [0.1, 0.15) is 5.01 Å². The van der Waals surface area contributed by atoms with E-state index in [0.29, 0.717) is 26.1 Å². The SMILES string of the molecule is Cl.Cl.NCCCN(Cc1ccccc1)C(=O)Cc1csc(-c2cccs2)n1. The minimum Gasteiger partial charge on any atom is -0.338 e. The molecule has 3 aromatic rings. The summed E-state index contributed by atoms with van der Waals surface area (Å²) in [6.45, 7) is 1.87. The predicted octanol–water partition coefficient (Wildman–Crippen LogP) is 4.64. The van der Waals surface area contributed by atoms with Gasteiger partial charge in [0.15, 0.2) is 0 Å². The van der Waals surface area contributed by atoms with E-state index >= 15 is 0 Å². The molecule has 0 saturated carbocycles. The van der Waals surface area contributed by atoms with Gasteiger partial charge in [0.25, 0.3) is 0 Å². The maximum atomic E-state index is 12.8. The lowest BCUT2D eigenvalue weighted by Gasteiger charge is -2.22. The number of nitrogens with zero attached hydrogens (tertiary/aromatic N) is 2. The molecule has 0 unspecified atom stereocenters. The third-order valence-electron chi connectivity index (χ3n) is 3.82. The van der Waals surface area contributed by atoms with Crippen LogP contribution in [-0.2, 0) is 17.8 Å². The Labute approximate surface area is 180 Å². The molecule has 1 amide bonds. The van der Waals surface area contributed by atoms with Gasteiger partial charge in [-0.05, 0) is 30.0 Å². The van der Waals surface area contributed by atoms with E-state index in [9.17, 15) is 4.79 Å². The molecular weight excluding hydrogens is 421 g/mol. The van der Waals surface area contributed by atoms with E-state index in [4.69, 9.17) is 5.73 Å². The average Bonchev–Trinajstić information content (AvgIpc) is 3.31. The largest absolute Gasteiger partial charge is 0.338 e. The molecule has 0 atom stereocenters. The van der Waals surface area contributed by atoms with E-state index in [-0.39, 0.29) is 30.7 Å². The lowest BCUT2D eigenvalue weighted by Crippen LogP contribution is -2.33. The molecule has 8 heteroatoms. The first-order valence-electron chi connectivity index (χ1n) is 8.26. The summed E-state index contributed by atoms with van der Waals surface area (Å²) in [4.78, 5) is 20.4. The maximum Gasteiger partial charge on any atom is 0.228 e. The highest BCUT2D eigenvalue weighted by Crippen LogP contribution is 2.28. The molecule has 27 heavy (non-hydrogen) atoms. The van der Waals surface area contributed by atoms with Crippen LogP contribution in [0.15, 0.2) is 53.2 Å². The predicted molar refractivity (Wildman–Crippen MR) is 119 cm³/mol. The van der Waals surface area contributed by atoms with Crippen molar-refractivity contribution in [2.75, 3.05) is 13.1 Å². The minimum absolute atomic E-state index is 0. The molecule has 0 aliphatic rings. The van der Waals surface area contributed by atoms with Crippen LogP contribution < -0.4 is 5.73 Å². The van der Waals surface area contributed by atoms with Crippen LogP contribution in [0.1, 0.15) is 17.7 Å². The maximum absolute atomic E-state index is 12.8. The van der Waals surface area contributed by atoms with Gasteiger partial charge in [-0.2, -0.15) is 0 Å². The van der Waals surface area contributed by atoms with Crippen molar-refractivity contribution in [3.63, 3.8) is 0 Å². The molecule has 0 bridgehead atoms. The Bertz CT molecular complexity index is 794. The Morgan fingerprint density at radius 1 is 1.07 bits per heavy atom. The molecule has 0 radical (unpaired) electrons. The summed E-state index contributed by atoms with van der Waals surface area (Å²) in [5, 5.41) is 5.00. The number of carbonyl (C=O) groups is 1. The number of hydrogen-bond acceptors (Lipinski definition) is 5. The number of benzene rings is 1. The molecule has 0 fully saturated rings. The van der Waals surface area contributed by atoms with E-state index in [1.54, 1.807) is 22.7 Å². The van der Waals surface area contributed by atoms with E-state index in [2.05, 4.69) is 11.1 Å². The van der Waals surface area contributed by atoms with Gasteiger partial charge >= 0.3 is 0 Å². The lowest BCUT2D eigenvalue weighted by molar-refractivity contribution is -0.131. The zero-order valence-corrected chi connectivity index (χ0v) is 18.0. The van der Waals surface area contributed by atoms with Gasteiger partial charge in [0, 0.05) is 18.5 Å². The number of nitrogens with two attached hydrogens (primary N) is 1. The fourth-order valence-corrected chi connectivity index (χ4v) is 4.18. The quantitative estimate of drug-likeness (QED) is 0.551. The van der Waals surface area contributed by atoms with E-state index in [1.807, 2.05) is 52.1 Å². The second-order valence-electron chi connectivity index (χ2n) is 5.74. The van der Waals surface area contributed by atoms with Crippen LogP contribution in [0.25, 0.3) is 9.88 Å². The van der Waals surface area contributed by atoms with Gasteiger partial charge in [0.2, 0.25) is 5.91 Å². The van der Waals surface area contributed by atoms with Crippen molar-refractivity contribution in [3.05, 3.63) is 64.5 Å². The number of thiophene rings is 1. The smallest absolute Gasteiger partial charge is 0.228 e. The molecule has 0 aliphatic heterocycles. The number of hydrogen-bond donors (Lipinski definition) is 1. The van der Waals surface area contributed by atoms with Gasteiger partial charge in [-0.15, -0.1) is 47.5 Å². The summed E-state index contributed by atoms with van der Waals surface area (Å²) >= 11 is 3.26. The zero-order chi connectivity index (χ0) is 17.5. The summed E-state index contributed by atoms with van der Waals surface area (Å²) in [5.74, 6) is 0.0975. The summed E-state index contributed by atoms with van der Waals surface area (Å²) < 4.78 is 0. The lowest BCUT2D eigenvalue weighted by atomic mass is 10.2. The number of amides is 1. The van der Waals surface area contributed by atoms with Crippen molar-refractivity contribution in [3.8, 4) is 9.88 Å². The molecule has 0 saturated heterocycles. The van der Waals surface area contributed by atoms with Crippen molar-refractivity contribution in [1.29, 1.82) is 0 Å². The summed E-state index contributed by atoms with van der Waals surface area (Å²) in [6, 6.07) is 14.1. The first-order valence-corrected chi connectivity index (χ1v) is 10.0. The number of rotatable bonds is 8. The van der Waals surface area contributed by atoms with Crippen molar-refractivity contribution >= 4 is 53.4 Å². The molecule has 0 aliphatic carbocycles. The Kier molecular flexibility index (Phi) is 10.6. The highest BCUT2D eigenvalue weighted by Gasteiger charge is 2.16. The van der Waals surface area contributed by atoms with Crippen molar-refractivity contribution in [2.24, 2.45) is 5.73 Å². The number of halogens is 2. The molecule has 2 heterocycles. The normalized spacial score (nSPS) is 9.96. The highest BCUT2D eigenvalue weighted by atomic mass is 35.5. The monoisotopic (exact) mass is 443 g/mol. The summed E-state index contributed by atoms with van der Waals surface area (Å²) in [5.41, 5.74) is 7.60. The third kappa shape index (κ3) is 6.90. The second-order valence-corrected chi connectivity index (χ2v) is 7.55. The summed E-state index contributed by atoms with van der Waals surface area (Å²) in [6.07, 6.45) is 1.13. The Morgan fingerprint density at radius 3 is 2.52 bits per heavy atom. The zero-order valence-electron chi connectivity index (χ0n) is 14.7. The Balaban J connectivity index is 0.00000182. The van der Waals surface area contributed by atoms with Crippen molar-refractivity contribution < 1.29 is 4.79 Å². The molecule has 1 aromatic carbocycles. The molecular formula is C19H23Cl2N3OS2. The fraction of sp³-hybridized carbons (Fsp3) is 0.263. The molecule has 2 aromatic heterocycles. The Hall–Kier alpha value is -1.44. The molecule has 3 rings (SSSR count). The average molecular weight is 444 g/mol. The topological polar surface area (TPSA) is 59.2 Å². The first-order chi connectivity index (χ1) is 12.3. The third-order valence-corrected chi connectivity index (χ3v) is 5.75. The van der Waals surface area contributed by atoms with E-state index in [0.717, 1.165) is 27.6 Å². The molecule has 0 spiro atoms. The van der Waals surface area contributed by atoms with Crippen LogP contribution in [0.5, 0.6) is 0 Å². The highest BCUT2D eigenvalue weighted by molar-refractivity contribution is 7.20. The van der Waals surface area contributed by atoms with E-state index in [1.165, 1.54) is 0 Å². The molecule has 4 nitrogen and oxygen atoms in total. The standard InChI is InChI=1S/C19H21N3OS2.2ClH/c20-9-5-10-22(13-15-6-2-1-3-7-15)18(23)12-16-14-25-19(21-16)17-8-4-11-24-17;;/h1-4,6-8,11,14H,5,9-10,12-13,20H2;2*1H. The van der Waals surface area contributed by atoms with Crippen LogP contribution >= 0.6 is 47.5 Å². The van der Waals surface area contributed by atoms with Crippen LogP contribution in [0, 0.1) is 0 Å². The van der Waals surface area contributed by atoms with Gasteiger partial charge in [0.05, 0.1) is 17.0 Å². The summed E-state index contributed by atoms with van der Waals surface area (Å²) in [7, 11) is 0. The van der Waals surface area contributed by atoms with Crippen molar-refractivity contribution in [2.45, 2.75) is 19.4 Å². The van der Waals surface area contributed by atoms with Gasteiger partial charge in [-0.3, -0.25) is 4.79 Å². The number of aromatic nitrogens is 1. The number of thiazole rings is 1. The molecule has 146 valence electrons. The van der Waals surface area contributed by atoms with Crippen LogP contribution in [-0.4, -0.2) is 28.9 Å². The van der Waals surface area contributed by atoms with Crippen LogP contribution in [0.4, 0.5) is 0 Å². The fourth-order valence-electron chi connectivity index (χ4n) is 2.55. The van der Waals surface area contributed by atoms with Gasteiger partial charge in [-0.1, -0.05) is 36.4 Å². The van der Waals surface area contributed by atoms with Crippen LogP contribution in [0.3, 0.4) is 0 Å². The molecule has 2 N–H and O–H groups in total. The minimum atomic E-state index is 0. The number of carbonyl (C=O) groups excluding carboxylic acids is 1. The van der Waals surface area contributed by atoms with Gasteiger partial charge < -0.3 is 10.6 Å². The first kappa shape index (κ1) is 23.6. The van der Waals surface area contributed by atoms with E-state index < -0.39 is 0 Å². The second kappa shape index (κ2) is 12.1. The van der Waals surface area contributed by atoms with Gasteiger partial charge in [-0.25, -0.2) is 4.98 Å². The Morgan fingerprint density at radius 2 is 1.85 bits per heavy atom. The van der Waals surface area contributed by atoms with Crippen LogP contribution in [0.2, 0.25) is 0 Å². The van der Waals surface area contributed by atoms with Crippen molar-refractivity contribution in [1.82, 2.24) is 9.88 Å².